The van der Waals surface area contributed by atoms with Crippen LogP contribution in [0.25, 0.3) is 44.4 Å². The van der Waals surface area contributed by atoms with Crippen LogP contribution >= 0.6 is 0 Å². The molecule has 3 aromatic carbocycles. The van der Waals surface area contributed by atoms with Gasteiger partial charge in [0, 0.05) is 34.8 Å². The van der Waals surface area contributed by atoms with Crippen LogP contribution in [0.4, 0.5) is 19.0 Å². The zero-order valence-corrected chi connectivity index (χ0v) is 23.4. The molecule has 3 fully saturated rings. The number of aliphatic carboxylic acids is 1. The Morgan fingerprint density at radius 3 is 2.27 bits per heavy atom. The number of pyridine rings is 1. The second-order valence-corrected chi connectivity index (χ2v) is 11.6. The van der Waals surface area contributed by atoms with Crippen molar-refractivity contribution in [2.75, 3.05) is 5.32 Å². The summed E-state index contributed by atoms with van der Waals surface area (Å²) in [6.07, 6.45) is 4.68. The van der Waals surface area contributed by atoms with Crippen LogP contribution in [0.5, 0.6) is 0 Å². The quantitative estimate of drug-likeness (QED) is 0.185. The van der Waals surface area contributed by atoms with Crippen LogP contribution in [-0.2, 0) is 4.79 Å². The number of halogens is 3. The van der Waals surface area contributed by atoms with E-state index in [0.29, 0.717) is 5.56 Å². The maximum Gasteiger partial charge on any atom is 0.308 e. The number of carboxylic acid groups (broad SMARTS) is 1. The van der Waals surface area contributed by atoms with Gasteiger partial charge in [0.25, 0.3) is 0 Å². The number of fused-ring (bicyclic) bond motifs is 4. The Kier molecular flexibility index (Phi) is 6.85. The Labute approximate surface area is 251 Å². The van der Waals surface area contributed by atoms with E-state index in [0.717, 1.165) is 48.9 Å². The summed E-state index contributed by atoms with van der Waals surface area (Å²) in [7, 11) is 0. The van der Waals surface area contributed by atoms with Gasteiger partial charge in [0.2, 0.25) is 0 Å². The zero-order valence-electron chi connectivity index (χ0n) is 23.4. The van der Waals surface area contributed by atoms with E-state index in [9.17, 15) is 23.9 Å². The predicted molar refractivity (Wildman–Crippen MR) is 161 cm³/mol. The standard InChI is InChI=1S/C35H27F3N4O2/c36-23-14-24-26(17-40-33(24)27(37)15-23)32-25(16-39)28(20-8-6-19(7-9-20)18-4-2-1-3-5-18)30(38)34(42-32)41-31-22-12-10-21(11-13-22)29(31)35(43)44/h1-9,14-15,17,21-22,29,31,40H,10-13H2,(H,41,42)(H,43,44)/t21?,22?,29-,31-/m1/s1. The number of nitrogens with zero attached hydrogens (tertiary/aromatic N) is 2. The smallest absolute Gasteiger partial charge is 0.308 e. The Bertz CT molecular complexity index is 1940. The number of hydrogen-bond donors (Lipinski definition) is 3. The van der Waals surface area contributed by atoms with Gasteiger partial charge in [0.15, 0.2) is 11.6 Å². The second kappa shape index (κ2) is 10.9. The molecule has 2 atom stereocenters. The minimum atomic E-state index is -0.939. The highest BCUT2D eigenvalue weighted by atomic mass is 19.1. The number of carboxylic acids is 1. The molecule has 6 nitrogen and oxygen atoms in total. The van der Waals surface area contributed by atoms with Crippen molar-refractivity contribution in [1.82, 2.24) is 9.97 Å². The lowest BCUT2D eigenvalue weighted by Crippen LogP contribution is -2.51. The summed E-state index contributed by atoms with van der Waals surface area (Å²) < 4.78 is 45.7. The summed E-state index contributed by atoms with van der Waals surface area (Å²) in [6, 6.07) is 20.2. The zero-order chi connectivity index (χ0) is 30.5. The van der Waals surface area contributed by atoms with Crippen LogP contribution in [0.3, 0.4) is 0 Å². The first-order valence-electron chi connectivity index (χ1n) is 14.6. The Balaban J connectivity index is 1.43. The molecule has 220 valence electrons. The monoisotopic (exact) mass is 592 g/mol. The molecule has 0 spiro atoms. The first-order valence-corrected chi connectivity index (χ1v) is 14.6. The predicted octanol–water partition coefficient (Wildman–Crippen LogP) is 8.15. The Hall–Kier alpha value is -5.10. The third kappa shape index (κ3) is 4.58. The molecular formula is C35H27F3N4O2. The summed E-state index contributed by atoms with van der Waals surface area (Å²) in [6.45, 7) is 0. The number of nitriles is 1. The fourth-order valence-electron chi connectivity index (χ4n) is 7.21. The SMILES string of the molecule is N#Cc1c(-c2c[nH]c3c(F)cc(F)cc23)nc(N[C@@H]2C3CCC(CC3)[C@H]2C(=O)O)c(F)c1-c1ccc(-c2ccccc2)cc1. The van der Waals surface area contributed by atoms with Gasteiger partial charge in [0.05, 0.1) is 22.7 Å². The molecule has 3 aliphatic carbocycles. The van der Waals surface area contributed by atoms with Gasteiger partial charge in [-0.1, -0.05) is 54.6 Å². The molecule has 0 saturated heterocycles. The highest BCUT2D eigenvalue weighted by Crippen LogP contribution is 2.47. The topological polar surface area (TPSA) is 102 Å². The molecule has 8 rings (SSSR count). The average molecular weight is 593 g/mol. The van der Waals surface area contributed by atoms with Crippen molar-refractivity contribution in [2.24, 2.45) is 17.8 Å². The van der Waals surface area contributed by atoms with Crippen molar-refractivity contribution in [2.45, 2.75) is 31.7 Å². The van der Waals surface area contributed by atoms with Crippen LogP contribution in [0.2, 0.25) is 0 Å². The van der Waals surface area contributed by atoms with Gasteiger partial charge in [-0.3, -0.25) is 4.79 Å². The maximum absolute atomic E-state index is 16.7. The van der Waals surface area contributed by atoms with Crippen LogP contribution in [0.15, 0.2) is 72.9 Å². The van der Waals surface area contributed by atoms with Gasteiger partial charge >= 0.3 is 5.97 Å². The molecule has 3 aliphatic rings. The van der Waals surface area contributed by atoms with Crippen molar-refractivity contribution in [3.63, 3.8) is 0 Å². The normalized spacial score (nSPS) is 20.9. The number of aromatic nitrogens is 2. The number of carbonyl (C=O) groups is 1. The Morgan fingerprint density at radius 1 is 0.932 bits per heavy atom. The molecule has 0 amide bonds. The van der Waals surface area contributed by atoms with E-state index in [4.69, 9.17) is 0 Å². The van der Waals surface area contributed by atoms with E-state index < -0.39 is 35.4 Å². The Morgan fingerprint density at radius 2 is 1.59 bits per heavy atom. The molecule has 2 bridgehead atoms. The fraction of sp³-hybridized carbons (Fsp3) is 0.229. The van der Waals surface area contributed by atoms with E-state index in [1.54, 1.807) is 12.1 Å². The molecule has 5 aromatic rings. The van der Waals surface area contributed by atoms with E-state index in [1.165, 1.54) is 6.20 Å². The first kappa shape index (κ1) is 27.7. The van der Waals surface area contributed by atoms with Crippen molar-refractivity contribution in [3.05, 3.63) is 95.9 Å². The highest BCUT2D eigenvalue weighted by molar-refractivity contribution is 5.98. The molecule has 3 N–H and O–H groups in total. The number of H-pyrrole nitrogens is 1. The minimum Gasteiger partial charge on any atom is -0.481 e. The van der Waals surface area contributed by atoms with E-state index in [1.807, 2.05) is 42.5 Å². The average Bonchev–Trinajstić information content (AvgIpc) is 3.46. The molecule has 2 heterocycles. The fourth-order valence-corrected chi connectivity index (χ4v) is 7.21. The van der Waals surface area contributed by atoms with Gasteiger partial charge in [-0.2, -0.15) is 5.26 Å². The highest BCUT2D eigenvalue weighted by Gasteiger charge is 2.47. The molecule has 44 heavy (non-hydrogen) atoms. The number of hydrogen-bond acceptors (Lipinski definition) is 4. The molecule has 2 aromatic heterocycles. The molecule has 3 saturated carbocycles. The first-order chi connectivity index (χ1) is 21.3. The second-order valence-electron chi connectivity index (χ2n) is 11.6. The van der Waals surface area contributed by atoms with Crippen LogP contribution in [-0.4, -0.2) is 27.1 Å². The van der Waals surface area contributed by atoms with E-state index in [2.05, 4.69) is 21.4 Å². The molecule has 0 radical (unpaired) electrons. The number of anilines is 1. The minimum absolute atomic E-state index is 0.0197. The van der Waals surface area contributed by atoms with E-state index >= 15 is 4.39 Å². The molecule has 0 aliphatic heterocycles. The van der Waals surface area contributed by atoms with Crippen LogP contribution in [0, 0.1) is 46.5 Å². The largest absolute Gasteiger partial charge is 0.481 e. The summed E-state index contributed by atoms with van der Waals surface area (Å²) in [5.41, 5.74) is 2.41. The van der Waals surface area contributed by atoms with Gasteiger partial charge in [-0.05, 0) is 60.3 Å². The number of nitrogens with one attached hydrogen (secondary N) is 2. The number of benzene rings is 3. The van der Waals surface area contributed by atoms with Gasteiger partial charge in [-0.25, -0.2) is 18.2 Å². The van der Waals surface area contributed by atoms with Crippen molar-refractivity contribution >= 4 is 22.7 Å². The van der Waals surface area contributed by atoms with Crippen molar-refractivity contribution in [3.8, 4) is 39.6 Å². The van der Waals surface area contributed by atoms with Crippen LogP contribution in [0.1, 0.15) is 31.2 Å². The summed E-state index contributed by atoms with van der Waals surface area (Å²) in [5.74, 6) is -4.28. The third-order valence-electron chi connectivity index (χ3n) is 9.30. The van der Waals surface area contributed by atoms with Gasteiger partial charge in [-0.15, -0.1) is 0 Å². The maximum atomic E-state index is 16.7. The third-order valence-corrected chi connectivity index (χ3v) is 9.30. The van der Waals surface area contributed by atoms with Crippen molar-refractivity contribution < 1.29 is 23.1 Å². The molecular weight excluding hydrogens is 565 g/mol. The molecule has 9 heteroatoms. The number of rotatable bonds is 6. The summed E-state index contributed by atoms with van der Waals surface area (Å²) in [4.78, 5) is 19.7. The van der Waals surface area contributed by atoms with E-state index in [-0.39, 0.29) is 50.9 Å². The van der Waals surface area contributed by atoms with Crippen LogP contribution < -0.4 is 5.32 Å². The van der Waals surface area contributed by atoms with Crippen molar-refractivity contribution in [1.29, 1.82) is 5.26 Å². The lowest BCUT2D eigenvalue weighted by molar-refractivity contribution is -0.148. The van der Waals surface area contributed by atoms with Gasteiger partial charge in [0.1, 0.15) is 17.7 Å². The lowest BCUT2D eigenvalue weighted by atomic mass is 9.61. The lowest BCUT2D eigenvalue weighted by Gasteiger charge is -2.47. The molecule has 0 unspecified atom stereocenters. The van der Waals surface area contributed by atoms with Gasteiger partial charge < -0.3 is 15.4 Å². The summed E-state index contributed by atoms with van der Waals surface area (Å²) >= 11 is 0. The number of aromatic amines is 1. The summed E-state index contributed by atoms with van der Waals surface area (Å²) in [5, 5.41) is 23.8.